The van der Waals surface area contributed by atoms with Crippen molar-refractivity contribution in [3.63, 3.8) is 0 Å². The summed E-state index contributed by atoms with van der Waals surface area (Å²) in [7, 11) is 0. The molecule has 3 aromatic heterocycles. The molecule has 0 aliphatic carbocycles. The second-order valence-electron chi connectivity index (χ2n) is 5.52. The number of rotatable bonds is 2. The molecule has 3 heterocycles. The third-order valence-electron chi connectivity index (χ3n) is 3.84. The van der Waals surface area contributed by atoms with Crippen LogP contribution in [0.5, 0.6) is 0 Å². The number of hydrogen-bond donors (Lipinski definition) is 0. The van der Waals surface area contributed by atoms with Gasteiger partial charge in [-0.15, -0.1) is 0 Å². The second-order valence-corrected chi connectivity index (χ2v) is 5.52. The molecule has 0 unspecified atom stereocenters. The highest BCUT2D eigenvalue weighted by Crippen LogP contribution is 2.33. The highest BCUT2D eigenvalue weighted by Gasteiger charge is 2.34. The molecule has 136 valence electrons. The Morgan fingerprint density at radius 1 is 0.963 bits per heavy atom. The number of pyridine rings is 1. The van der Waals surface area contributed by atoms with Crippen LogP contribution in [0, 0.1) is 11.6 Å². The van der Waals surface area contributed by atoms with Gasteiger partial charge in [0.2, 0.25) is 0 Å². The zero-order valence-electron chi connectivity index (χ0n) is 13.2. The fourth-order valence-corrected chi connectivity index (χ4v) is 2.62. The molecule has 0 saturated heterocycles. The van der Waals surface area contributed by atoms with Crippen LogP contribution in [-0.4, -0.2) is 24.6 Å². The van der Waals surface area contributed by atoms with Gasteiger partial charge in [-0.3, -0.25) is 4.98 Å². The summed E-state index contributed by atoms with van der Waals surface area (Å²) in [5.41, 5.74) is -1.36. The summed E-state index contributed by atoms with van der Waals surface area (Å²) in [6.07, 6.45) is -0.285. The Hall–Kier alpha value is -3.43. The van der Waals surface area contributed by atoms with E-state index in [1.807, 2.05) is 0 Å². The quantitative estimate of drug-likeness (QED) is 0.493. The van der Waals surface area contributed by atoms with Crippen LogP contribution in [0.2, 0.25) is 0 Å². The average Bonchev–Trinajstić information content (AvgIpc) is 3.05. The molecular weight excluding hydrogens is 369 g/mol. The number of nitrogens with zero attached hydrogens (tertiary/aromatic N) is 5. The Morgan fingerprint density at radius 2 is 1.78 bits per heavy atom. The molecule has 0 bridgehead atoms. The van der Waals surface area contributed by atoms with Crippen molar-refractivity contribution in [2.75, 3.05) is 0 Å². The van der Waals surface area contributed by atoms with Crippen molar-refractivity contribution in [3.8, 4) is 22.4 Å². The van der Waals surface area contributed by atoms with Crippen molar-refractivity contribution in [2.45, 2.75) is 6.18 Å². The van der Waals surface area contributed by atoms with Gasteiger partial charge in [-0.25, -0.2) is 18.7 Å². The van der Waals surface area contributed by atoms with E-state index in [4.69, 9.17) is 0 Å². The zero-order chi connectivity index (χ0) is 19.2. The molecule has 0 fully saturated rings. The third-order valence-corrected chi connectivity index (χ3v) is 3.84. The normalized spacial score (nSPS) is 11.9. The number of alkyl halides is 3. The van der Waals surface area contributed by atoms with E-state index in [1.165, 1.54) is 24.5 Å². The van der Waals surface area contributed by atoms with Crippen LogP contribution in [0.15, 0.2) is 49.1 Å². The number of imidazole rings is 1. The monoisotopic (exact) mass is 377 g/mol. The molecule has 0 aliphatic rings. The molecule has 10 heteroatoms. The summed E-state index contributed by atoms with van der Waals surface area (Å²) in [6.45, 7) is 0. The predicted octanol–water partition coefficient (Wildman–Crippen LogP) is 4.15. The van der Waals surface area contributed by atoms with Gasteiger partial charge in [-0.1, -0.05) is 6.07 Å². The number of aromatic nitrogens is 5. The minimum Gasteiger partial charge on any atom is -0.264 e. The lowest BCUT2D eigenvalue weighted by Gasteiger charge is -2.10. The molecule has 4 aromatic rings. The van der Waals surface area contributed by atoms with E-state index in [2.05, 4.69) is 20.1 Å². The number of benzene rings is 1. The highest BCUT2D eigenvalue weighted by atomic mass is 19.4. The van der Waals surface area contributed by atoms with Crippen molar-refractivity contribution in [1.82, 2.24) is 24.6 Å². The van der Waals surface area contributed by atoms with E-state index < -0.39 is 23.5 Å². The first-order valence-electron chi connectivity index (χ1n) is 7.53. The molecular formula is C17H8F5N5. The fourth-order valence-electron chi connectivity index (χ4n) is 2.62. The summed E-state index contributed by atoms with van der Waals surface area (Å²) < 4.78 is 68.5. The van der Waals surface area contributed by atoms with Crippen LogP contribution in [0.4, 0.5) is 22.0 Å². The maximum absolute atomic E-state index is 15.0. The Labute approximate surface area is 148 Å². The minimum absolute atomic E-state index is 0.0360. The molecule has 4 rings (SSSR count). The molecule has 5 nitrogen and oxygen atoms in total. The van der Waals surface area contributed by atoms with Crippen molar-refractivity contribution in [1.29, 1.82) is 0 Å². The Balaban J connectivity index is 1.90. The van der Waals surface area contributed by atoms with Crippen LogP contribution < -0.4 is 0 Å². The van der Waals surface area contributed by atoms with Crippen molar-refractivity contribution < 1.29 is 22.0 Å². The van der Waals surface area contributed by atoms with E-state index in [0.717, 1.165) is 22.8 Å². The highest BCUT2D eigenvalue weighted by molar-refractivity contribution is 5.73. The molecule has 0 aliphatic heterocycles. The Bertz CT molecular complexity index is 1140. The van der Waals surface area contributed by atoms with E-state index in [0.29, 0.717) is 6.20 Å². The fraction of sp³-hybridized carbons (Fsp3) is 0.0588. The SMILES string of the molecule is Fc1ccc(-c2cnc3nc(C(F)(F)F)cnn23)c(F)c1-c1cccnc1. The standard InChI is InChI=1S/C17H8F5N5/c18-11-4-3-10(15(19)14(11)9-2-1-5-23-6-9)12-7-24-16-26-13(17(20,21)22)8-25-27(12)16/h1-8H. The summed E-state index contributed by atoms with van der Waals surface area (Å²) in [5.74, 6) is -2.07. The van der Waals surface area contributed by atoms with Crippen molar-refractivity contribution in [2.24, 2.45) is 0 Å². The van der Waals surface area contributed by atoms with Gasteiger partial charge in [0.1, 0.15) is 11.6 Å². The first-order chi connectivity index (χ1) is 12.9. The Kier molecular flexibility index (Phi) is 3.83. The first kappa shape index (κ1) is 17.0. The van der Waals surface area contributed by atoms with Gasteiger partial charge in [0.05, 0.1) is 23.7 Å². The molecule has 0 N–H and O–H groups in total. The summed E-state index contributed by atoms with van der Waals surface area (Å²) in [5, 5.41) is 3.65. The summed E-state index contributed by atoms with van der Waals surface area (Å²) in [4.78, 5) is 11.0. The predicted molar refractivity (Wildman–Crippen MR) is 84.4 cm³/mol. The lowest BCUT2D eigenvalue weighted by atomic mass is 10.0. The molecule has 0 amide bonds. The van der Waals surface area contributed by atoms with Gasteiger partial charge in [-0.2, -0.15) is 22.8 Å². The van der Waals surface area contributed by atoms with Gasteiger partial charge in [-0.05, 0) is 18.2 Å². The largest absolute Gasteiger partial charge is 0.435 e. The van der Waals surface area contributed by atoms with Crippen LogP contribution in [0.25, 0.3) is 28.2 Å². The van der Waals surface area contributed by atoms with E-state index >= 15 is 4.39 Å². The van der Waals surface area contributed by atoms with Crippen molar-refractivity contribution in [3.05, 3.63) is 66.4 Å². The van der Waals surface area contributed by atoms with Crippen LogP contribution >= 0.6 is 0 Å². The smallest absolute Gasteiger partial charge is 0.264 e. The number of fused-ring (bicyclic) bond motifs is 1. The molecule has 0 spiro atoms. The summed E-state index contributed by atoms with van der Waals surface area (Å²) >= 11 is 0. The van der Waals surface area contributed by atoms with Crippen molar-refractivity contribution >= 4 is 5.78 Å². The molecule has 0 atom stereocenters. The third kappa shape index (κ3) is 2.88. The minimum atomic E-state index is -4.69. The lowest BCUT2D eigenvalue weighted by Crippen LogP contribution is -2.11. The molecule has 1 aromatic carbocycles. The first-order valence-corrected chi connectivity index (χ1v) is 7.53. The van der Waals surface area contributed by atoms with Gasteiger partial charge in [0, 0.05) is 23.5 Å². The van der Waals surface area contributed by atoms with E-state index in [1.54, 1.807) is 0 Å². The van der Waals surface area contributed by atoms with Crippen LogP contribution in [0.3, 0.4) is 0 Å². The lowest BCUT2D eigenvalue weighted by molar-refractivity contribution is -0.141. The van der Waals surface area contributed by atoms with Crippen LogP contribution in [-0.2, 0) is 6.18 Å². The summed E-state index contributed by atoms with van der Waals surface area (Å²) in [6, 6.07) is 5.23. The van der Waals surface area contributed by atoms with Crippen LogP contribution in [0.1, 0.15) is 5.69 Å². The maximum Gasteiger partial charge on any atom is 0.435 e. The topological polar surface area (TPSA) is 56.0 Å². The maximum atomic E-state index is 15.0. The van der Waals surface area contributed by atoms with E-state index in [-0.39, 0.29) is 28.2 Å². The number of halogens is 5. The zero-order valence-corrected chi connectivity index (χ0v) is 13.2. The van der Waals surface area contributed by atoms with E-state index in [9.17, 15) is 17.6 Å². The van der Waals surface area contributed by atoms with Gasteiger partial charge in [0.15, 0.2) is 5.69 Å². The molecule has 27 heavy (non-hydrogen) atoms. The van der Waals surface area contributed by atoms with Gasteiger partial charge in [0.25, 0.3) is 5.78 Å². The Morgan fingerprint density at radius 3 is 2.48 bits per heavy atom. The molecule has 0 radical (unpaired) electrons. The number of hydrogen-bond acceptors (Lipinski definition) is 4. The molecule has 0 saturated carbocycles. The van der Waals surface area contributed by atoms with Gasteiger partial charge >= 0.3 is 6.18 Å². The van der Waals surface area contributed by atoms with Gasteiger partial charge < -0.3 is 0 Å². The second kappa shape index (κ2) is 6.08. The average molecular weight is 377 g/mol.